The zero-order valence-electron chi connectivity index (χ0n) is 13.8. The molecule has 1 aromatic rings. The molecule has 5 heteroatoms. The first kappa shape index (κ1) is 16.0. The first-order valence-corrected chi connectivity index (χ1v) is 8.46. The van der Waals surface area contributed by atoms with Crippen LogP contribution in [0.25, 0.3) is 0 Å². The van der Waals surface area contributed by atoms with Crippen LogP contribution >= 0.6 is 0 Å². The highest BCUT2D eigenvalue weighted by atomic mass is 16.2. The summed E-state index contributed by atoms with van der Waals surface area (Å²) < 4.78 is 0. The molecule has 0 spiro atoms. The molecule has 1 heterocycles. The Labute approximate surface area is 137 Å². The first-order chi connectivity index (χ1) is 11.0. The van der Waals surface area contributed by atoms with E-state index in [9.17, 15) is 9.59 Å². The van der Waals surface area contributed by atoms with Gasteiger partial charge in [0.2, 0.25) is 11.8 Å². The largest absolute Gasteiger partial charge is 0.350 e. The fraction of sp³-hybridized carbons (Fsp3) is 0.556. The smallest absolute Gasteiger partial charge is 0.237 e. The topological polar surface area (TPSA) is 70.2 Å². The summed E-state index contributed by atoms with van der Waals surface area (Å²) in [7, 11) is 0. The maximum atomic E-state index is 12.3. The third kappa shape index (κ3) is 3.72. The van der Waals surface area contributed by atoms with Gasteiger partial charge in [-0.25, -0.2) is 0 Å². The Morgan fingerprint density at radius 3 is 2.70 bits per heavy atom. The van der Waals surface area contributed by atoms with Gasteiger partial charge in [-0.1, -0.05) is 30.5 Å². The molecule has 2 fully saturated rings. The quantitative estimate of drug-likeness (QED) is 0.799. The summed E-state index contributed by atoms with van der Waals surface area (Å²) >= 11 is 0. The van der Waals surface area contributed by atoms with Crippen LogP contribution in [0.5, 0.6) is 0 Å². The standard InChI is InChI=1S/C18H25N3O2/c1-11-7-8-13(12(2)9-11)20-17(22)10-16-18(23)21-15-6-4-3-5-14(15)19-16/h7-9,14-16,19H,3-6,10H2,1-2H3,(H,20,22)(H,21,23)/t14-,15+,16-/m0/s1. The number of carbonyl (C=O) groups excluding carboxylic acids is 2. The first-order valence-electron chi connectivity index (χ1n) is 8.46. The zero-order valence-corrected chi connectivity index (χ0v) is 13.8. The Hall–Kier alpha value is -1.88. The minimum Gasteiger partial charge on any atom is -0.350 e. The molecule has 1 aliphatic heterocycles. The number of fused-ring (bicyclic) bond motifs is 1. The number of aryl methyl sites for hydroxylation is 2. The van der Waals surface area contributed by atoms with Crippen LogP contribution in [0.4, 0.5) is 5.69 Å². The maximum Gasteiger partial charge on any atom is 0.237 e. The van der Waals surface area contributed by atoms with Crippen LogP contribution in [0.1, 0.15) is 43.2 Å². The van der Waals surface area contributed by atoms with Crippen molar-refractivity contribution in [3.63, 3.8) is 0 Å². The predicted octanol–water partition coefficient (Wildman–Crippen LogP) is 2.03. The van der Waals surface area contributed by atoms with E-state index >= 15 is 0 Å². The zero-order chi connectivity index (χ0) is 16.4. The molecule has 1 saturated carbocycles. The number of benzene rings is 1. The highest BCUT2D eigenvalue weighted by molar-refractivity contribution is 5.96. The summed E-state index contributed by atoms with van der Waals surface area (Å²) in [4.78, 5) is 24.5. The summed E-state index contributed by atoms with van der Waals surface area (Å²) in [6.45, 7) is 4.00. The molecule has 3 rings (SSSR count). The molecule has 124 valence electrons. The van der Waals surface area contributed by atoms with Gasteiger partial charge < -0.3 is 16.0 Å². The summed E-state index contributed by atoms with van der Waals surface area (Å²) in [5, 5.41) is 9.37. The van der Waals surface area contributed by atoms with Gasteiger partial charge in [-0.05, 0) is 38.3 Å². The van der Waals surface area contributed by atoms with Crippen LogP contribution < -0.4 is 16.0 Å². The lowest BCUT2D eigenvalue weighted by Crippen LogP contribution is -2.65. The average Bonchev–Trinajstić information content (AvgIpc) is 2.51. The number of anilines is 1. The molecule has 1 aliphatic carbocycles. The minimum atomic E-state index is -0.430. The molecule has 1 saturated heterocycles. The average molecular weight is 315 g/mol. The Morgan fingerprint density at radius 1 is 1.22 bits per heavy atom. The van der Waals surface area contributed by atoms with Gasteiger partial charge in [-0.2, -0.15) is 0 Å². The lowest BCUT2D eigenvalue weighted by atomic mass is 9.87. The van der Waals surface area contributed by atoms with Crippen molar-refractivity contribution in [1.29, 1.82) is 0 Å². The molecule has 2 aliphatic rings. The maximum absolute atomic E-state index is 12.3. The van der Waals surface area contributed by atoms with Gasteiger partial charge in [0.1, 0.15) is 0 Å². The minimum absolute atomic E-state index is 0.0519. The van der Waals surface area contributed by atoms with E-state index in [-0.39, 0.29) is 24.3 Å². The van der Waals surface area contributed by atoms with Crippen LogP contribution in [0.15, 0.2) is 18.2 Å². The van der Waals surface area contributed by atoms with E-state index in [2.05, 4.69) is 16.0 Å². The van der Waals surface area contributed by atoms with E-state index < -0.39 is 6.04 Å². The van der Waals surface area contributed by atoms with Gasteiger partial charge in [0.15, 0.2) is 0 Å². The number of rotatable bonds is 3. The second-order valence-electron chi connectivity index (χ2n) is 6.80. The van der Waals surface area contributed by atoms with Crippen molar-refractivity contribution in [3.8, 4) is 0 Å². The second-order valence-corrected chi connectivity index (χ2v) is 6.80. The third-order valence-electron chi connectivity index (χ3n) is 4.87. The molecule has 2 amide bonds. The molecule has 23 heavy (non-hydrogen) atoms. The van der Waals surface area contributed by atoms with Crippen molar-refractivity contribution in [1.82, 2.24) is 10.6 Å². The predicted molar refractivity (Wildman–Crippen MR) is 90.3 cm³/mol. The van der Waals surface area contributed by atoms with E-state index in [1.807, 2.05) is 32.0 Å². The number of hydrogen-bond donors (Lipinski definition) is 3. The van der Waals surface area contributed by atoms with E-state index in [0.717, 1.165) is 29.7 Å². The Bertz CT molecular complexity index is 614. The molecule has 0 bridgehead atoms. The summed E-state index contributed by atoms with van der Waals surface area (Å²) in [5.41, 5.74) is 3.01. The van der Waals surface area contributed by atoms with Gasteiger partial charge >= 0.3 is 0 Å². The summed E-state index contributed by atoms with van der Waals surface area (Å²) in [6, 6.07) is 6.03. The van der Waals surface area contributed by atoms with E-state index in [1.54, 1.807) is 0 Å². The van der Waals surface area contributed by atoms with Gasteiger partial charge in [-0.3, -0.25) is 9.59 Å². The SMILES string of the molecule is Cc1ccc(NC(=O)C[C@@H]2N[C@H]3CCCC[C@H]3NC2=O)c(C)c1. The molecule has 0 radical (unpaired) electrons. The van der Waals surface area contributed by atoms with Crippen molar-refractivity contribution in [3.05, 3.63) is 29.3 Å². The van der Waals surface area contributed by atoms with Crippen molar-refractivity contribution < 1.29 is 9.59 Å². The molecule has 3 atom stereocenters. The van der Waals surface area contributed by atoms with Gasteiger partial charge in [-0.15, -0.1) is 0 Å². The van der Waals surface area contributed by atoms with Gasteiger partial charge in [0, 0.05) is 17.8 Å². The normalized spacial score (nSPS) is 27.0. The van der Waals surface area contributed by atoms with E-state index in [0.29, 0.717) is 6.04 Å². The van der Waals surface area contributed by atoms with Crippen molar-refractivity contribution in [2.24, 2.45) is 0 Å². The molecule has 3 N–H and O–H groups in total. The van der Waals surface area contributed by atoms with Crippen molar-refractivity contribution in [2.45, 2.75) is 64.1 Å². The van der Waals surface area contributed by atoms with Crippen LogP contribution in [0.2, 0.25) is 0 Å². The number of hydrogen-bond acceptors (Lipinski definition) is 3. The molecular formula is C18H25N3O2. The lowest BCUT2D eigenvalue weighted by molar-refractivity contribution is -0.129. The molecule has 5 nitrogen and oxygen atoms in total. The van der Waals surface area contributed by atoms with Crippen molar-refractivity contribution in [2.75, 3.05) is 5.32 Å². The lowest BCUT2D eigenvalue weighted by Gasteiger charge is -2.40. The second kappa shape index (κ2) is 6.71. The van der Waals surface area contributed by atoms with Crippen LogP contribution in [-0.4, -0.2) is 29.9 Å². The molecular weight excluding hydrogens is 290 g/mol. The molecule has 0 aromatic heterocycles. The summed E-state index contributed by atoms with van der Waals surface area (Å²) in [5.74, 6) is -0.178. The number of nitrogens with one attached hydrogen (secondary N) is 3. The third-order valence-corrected chi connectivity index (χ3v) is 4.87. The monoisotopic (exact) mass is 315 g/mol. The molecule has 1 aromatic carbocycles. The fourth-order valence-electron chi connectivity index (χ4n) is 3.61. The van der Waals surface area contributed by atoms with Crippen LogP contribution in [-0.2, 0) is 9.59 Å². The van der Waals surface area contributed by atoms with E-state index in [4.69, 9.17) is 0 Å². The van der Waals surface area contributed by atoms with Gasteiger partial charge in [0.05, 0.1) is 12.5 Å². The highest BCUT2D eigenvalue weighted by Gasteiger charge is 2.36. The molecule has 0 unspecified atom stereocenters. The number of amides is 2. The number of piperazine rings is 1. The van der Waals surface area contributed by atoms with Crippen LogP contribution in [0, 0.1) is 13.8 Å². The van der Waals surface area contributed by atoms with Gasteiger partial charge in [0.25, 0.3) is 0 Å². The van der Waals surface area contributed by atoms with E-state index in [1.165, 1.54) is 12.8 Å². The Balaban J connectivity index is 1.59. The van der Waals surface area contributed by atoms with Crippen LogP contribution in [0.3, 0.4) is 0 Å². The summed E-state index contributed by atoms with van der Waals surface area (Å²) in [6.07, 6.45) is 4.62. The Morgan fingerprint density at radius 2 is 1.96 bits per heavy atom. The fourth-order valence-corrected chi connectivity index (χ4v) is 3.61. The number of carbonyl (C=O) groups is 2. The Kier molecular flexibility index (Phi) is 4.66. The highest BCUT2D eigenvalue weighted by Crippen LogP contribution is 2.22. The van der Waals surface area contributed by atoms with Crippen molar-refractivity contribution >= 4 is 17.5 Å².